The molecule has 0 radical (unpaired) electrons. The number of halogens is 1. The third kappa shape index (κ3) is 3.84. The molecule has 1 aromatic heterocycles. The van der Waals surface area contributed by atoms with Crippen LogP contribution in [-0.4, -0.2) is 16.0 Å². The van der Waals surface area contributed by atoms with Gasteiger partial charge in [0.2, 0.25) is 0 Å². The molecule has 0 saturated carbocycles. The van der Waals surface area contributed by atoms with E-state index in [0.29, 0.717) is 11.2 Å². The van der Waals surface area contributed by atoms with Crippen molar-refractivity contribution in [2.45, 2.75) is 53.5 Å². The third-order valence-corrected chi connectivity index (χ3v) is 3.37. The summed E-state index contributed by atoms with van der Waals surface area (Å²) in [5, 5.41) is 4.00. The molecule has 1 atom stereocenters. The predicted octanol–water partition coefficient (Wildman–Crippen LogP) is 3.93. The first-order valence-corrected chi connectivity index (χ1v) is 6.50. The third-order valence-electron chi connectivity index (χ3n) is 3.05. The Balaban J connectivity index is 2.94. The van der Waals surface area contributed by atoms with Crippen LogP contribution in [0.15, 0.2) is 6.33 Å². The number of rotatable bonds is 4. The van der Waals surface area contributed by atoms with Crippen LogP contribution in [0.2, 0.25) is 5.15 Å². The molecular weight excluding hydrogens is 234 g/mol. The number of anilines is 1. The van der Waals surface area contributed by atoms with Gasteiger partial charge < -0.3 is 5.32 Å². The van der Waals surface area contributed by atoms with Crippen LogP contribution in [0.5, 0.6) is 0 Å². The summed E-state index contributed by atoms with van der Waals surface area (Å²) in [5.41, 5.74) is 1.20. The normalized spacial score (nSPS) is 13.5. The van der Waals surface area contributed by atoms with Gasteiger partial charge in [0.15, 0.2) is 0 Å². The lowest BCUT2D eigenvalue weighted by atomic mass is 9.88. The van der Waals surface area contributed by atoms with Gasteiger partial charge in [-0.15, -0.1) is 0 Å². The first kappa shape index (κ1) is 14.2. The van der Waals surface area contributed by atoms with Crippen molar-refractivity contribution in [1.29, 1.82) is 0 Å². The van der Waals surface area contributed by atoms with E-state index in [1.54, 1.807) is 0 Å². The van der Waals surface area contributed by atoms with Crippen molar-refractivity contribution in [3.63, 3.8) is 0 Å². The van der Waals surface area contributed by atoms with Gasteiger partial charge in [0, 0.05) is 11.6 Å². The summed E-state index contributed by atoms with van der Waals surface area (Å²) in [5.74, 6) is 0.870. The van der Waals surface area contributed by atoms with Crippen LogP contribution in [-0.2, 0) is 6.42 Å². The van der Waals surface area contributed by atoms with Gasteiger partial charge in [-0.2, -0.15) is 0 Å². The second kappa shape index (κ2) is 5.67. The average Bonchev–Trinajstić information content (AvgIpc) is 2.21. The Morgan fingerprint density at radius 2 is 2.00 bits per heavy atom. The van der Waals surface area contributed by atoms with Crippen LogP contribution >= 0.6 is 11.6 Å². The smallest absolute Gasteiger partial charge is 0.137 e. The van der Waals surface area contributed by atoms with Crippen LogP contribution in [0.3, 0.4) is 0 Å². The van der Waals surface area contributed by atoms with Crippen molar-refractivity contribution in [3.8, 4) is 0 Å². The second-order valence-electron chi connectivity index (χ2n) is 5.47. The summed E-state index contributed by atoms with van der Waals surface area (Å²) in [4.78, 5) is 8.35. The van der Waals surface area contributed by atoms with Gasteiger partial charge in [-0.05, 0) is 18.8 Å². The van der Waals surface area contributed by atoms with E-state index in [9.17, 15) is 0 Å². The zero-order valence-corrected chi connectivity index (χ0v) is 12.1. The number of aromatic nitrogens is 2. The molecule has 1 rings (SSSR count). The first-order valence-electron chi connectivity index (χ1n) is 6.12. The van der Waals surface area contributed by atoms with Crippen LogP contribution < -0.4 is 5.32 Å². The van der Waals surface area contributed by atoms with E-state index in [0.717, 1.165) is 24.2 Å². The molecule has 0 amide bonds. The molecule has 0 aliphatic carbocycles. The minimum Gasteiger partial charge on any atom is -0.367 e. The van der Waals surface area contributed by atoms with Gasteiger partial charge in [0.1, 0.15) is 17.3 Å². The molecule has 0 bridgehead atoms. The van der Waals surface area contributed by atoms with E-state index in [4.69, 9.17) is 11.6 Å². The fourth-order valence-corrected chi connectivity index (χ4v) is 1.64. The van der Waals surface area contributed by atoms with E-state index in [1.165, 1.54) is 6.33 Å². The van der Waals surface area contributed by atoms with Crippen molar-refractivity contribution < 1.29 is 0 Å². The highest BCUT2D eigenvalue weighted by atomic mass is 35.5. The lowest BCUT2D eigenvalue weighted by Gasteiger charge is -2.29. The maximum Gasteiger partial charge on any atom is 0.137 e. The van der Waals surface area contributed by atoms with Crippen LogP contribution in [0.1, 0.15) is 46.6 Å². The molecule has 0 aliphatic heterocycles. The monoisotopic (exact) mass is 255 g/mol. The van der Waals surface area contributed by atoms with Gasteiger partial charge in [-0.25, -0.2) is 9.97 Å². The number of nitrogens with one attached hydrogen (secondary N) is 1. The van der Waals surface area contributed by atoms with Crippen LogP contribution in [0.4, 0.5) is 5.82 Å². The van der Waals surface area contributed by atoms with Crippen molar-refractivity contribution in [3.05, 3.63) is 17.0 Å². The van der Waals surface area contributed by atoms with Gasteiger partial charge in [-0.1, -0.05) is 45.7 Å². The first-order chi connectivity index (χ1) is 7.86. The maximum absolute atomic E-state index is 6.11. The van der Waals surface area contributed by atoms with Gasteiger partial charge in [-0.3, -0.25) is 0 Å². The number of hydrogen-bond acceptors (Lipinski definition) is 3. The summed E-state index contributed by atoms with van der Waals surface area (Å²) < 4.78 is 0. The van der Waals surface area contributed by atoms with Crippen molar-refractivity contribution in [1.82, 2.24) is 9.97 Å². The summed E-state index contributed by atoms with van der Waals surface area (Å²) in [6.45, 7) is 10.9. The largest absolute Gasteiger partial charge is 0.367 e. The number of hydrogen-bond donors (Lipinski definition) is 1. The predicted molar refractivity (Wildman–Crippen MR) is 73.6 cm³/mol. The average molecular weight is 256 g/mol. The van der Waals surface area contributed by atoms with Crippen LogP contribution in [0.25, 0.3) is 0 Å². The molecule has 1 aromatic rings. The fourth-order valence-electron chi connectivity index (χ4n) is 1.41. The topological polar surface area (TPSA) is 37.8 Å². The molecule has 1 unspecified atom stereocenters. The molecule has 1 N–H and O–H groups in total. The Morgan fingerprint density at radius 1 is 1.35 bits per heavy atom. The second-order valence-corrected chi connectivity index (χ2v) is 5.83. The molecule has 0 aromatic carbocycles. The molecule has 17 heavy (non-hydrogen) atoms. The zero-order valence-electron chi connectivity index (χ0n) is 11.3. The van der Waals surface area contributed by atoms with Crippen LogP contribution in [0, 0.1) is 5.41 Å². The quantitative estimate of drug-likeness (QED) is 0.829. The molecule has 96 valence electrons. The highest BCUT2D eigenvalue weighted by Crippen LogP contribution is 2.26. The molecule has 3 nitrogen and oxygen atoms in total. The van der Waals surface area contributed by atoms with E-state index < -0.39 is 0 Å². The van der Waals surface area contributed by atoms with Gasteiger partial charge >= 0.3 is 0 Å². The van der Waals surface area contributed by atoms with Gasteiger partial charge in [0.05, 0.1) is 0 Å². The molecular formula is C13H22ClN3. The molecule has 4 heteroatoms. The minimum absolute atomic E-state index is 0.181. The Hall–Kier alpha value is -0.830. The van der Waals surface area contributed by atoms with E-state index >= 15 is 0 Å². The van der Waals surface area contributed by atoms with E-state index in [-0.39, 0.29) is 5.41 Å². The van der Waals surface area contributed by atoms with Gasteiger partial charge in [0.25, 0.3) is 0 Å². The Morgan fingerprint density at radius 3 is 2.53 bits per heavy atom. The van der Waals surface area contributed by atoms with Crippen molar-refractivity contribution in [2.75, 3.05) is 5.32 Å². The maximum atomic E-state index is 6.11. The number of nitrogens with zero attached hydrogens (tertiary/aromatic N) is 2. The molecule has 0 spiro atoms. The summed E-state index contributed by atoms with van der Waals surface area (Å²) in [6, 6.07) is 0.323. The molecule has 0 saturated heterocycles. The summed E-state index contributed by atoms with van der Waals surface area (Å²) in [7, 11) is 0. The molecule has 1 heterocycles. The molecule has 0 fully saturated rings. The molecule has 0 aliphatic rings. The highest BCUT2D eigenvalue weighted by molar-refractivity contribution is 6.30. The Bertz CT molecular complexity index is 371. The van der Waals surface area contributed by atoms with E-state index in [2.05, 4.69) is 49.9 Å². The lowest BCUT2D eigenvalue weighted by molar-refractivity contribution is 0.358. The lowest BCUT2D eigenvalue weighted by Crippen LogP contribution is -2.31. The van der Waals surface area contributed by atoms with Crippen molar-refractivity contribution in [2.24, 2.45) is 5.41 Å². The Kier molecular flexibility index (Phi) is 4.75. The fraction of sp³-hybridized carbons (Fsp3) is 0.692. The highest BCUT2D eigenvalue weighted by Gasteiger charge is 2.21. The minimum atomic E-state index is 0.181. The van der Waals surface area contributed by atoms with E-state index in [1.807, 2.05) is 0 Å². The Labute approximate surface area is 109 Å². The summed E-state index contributed by atoms with van der Waals surface area (Å²) in [6.07, 6.45) is 3.45. The zero-order chi connectivity index (χ0) is 13.1. The summed E-state index contributed by atoms with van der Waals surface area (Å²) >= 11 is 6.11. The standard InChI is InChI=1S/C13H22ClN3/c1-6-7-10-11(14)15-8-16-12(10)17-9(2)13(3,4)5/h8-9H,6-7H2,1-5H3,(H,15,16,17). The SMILES string of the molecule is CCCc1c(Cl)ncnc1NC(C)C(C)(C)C. The van der Waals surface area contributed by atoms with Crippen molar-refractivity contribution >= 4 is 17.4 Å².